The van der Waals surface area contributed by atoms with Crippen molar-refractivity contribution >= 4 is 32.8 Å². The molecule has 23 heavy (non-hydrogen) atoms. The molecule has 0 atom stereocenters. The maximum atomic E-state index is 12.2. The number of carbonyl (C=O) groups is 1. The molecule has 0 unspecified atom stereocenters. The number of benzene rings is 2. The number of fused-ring (bicyclic) bond motifs is 1. The van der Waals surface area contributed by atoms with Gasteiger partial charge in [0.05, 0.1) is 12.6 Å². The molecule has 0 amide bonds. The fourth-order valence-electron chi connectivity index (χ4n) is 2.26. The Morgan fingerprint density at radius 3 is 2.78 bits per heavy atom. The standard InChI is InChI=1S/C18H14BrNO3/c1-22-17-9-7-14(19)10-13(17)11-23-18(21)16-8-6-12-4-2-3-5-15(12)20-16/h2-10H,11H2,1H3. The first-order chi connectivity index (χ1) is 11.2. The summed E-state index contributed by atoms with van der Waals surface area (Å²) in [5.74, 6) is 0.213. The number of pyridine rings is 1. The molecule has 2 aromatic carbocycles. The summed E-state index contributed by atoms with van der Waals surface area (Å²) < 4.78 is 11.5. The summed E-state index contributed by atoms with van der Waals surface area (Å²) in [6.45, 7) is 0.121. The minimum absolute atomic E-state index is 0.121. The molecule has 116 valence electrons. The van der Waals surface area contributed by atoms with Crippen LogP contribution in [0.25, 0.3) is 10.9 Å². The van der Waals surface area contributed by atoms with Crippen molar-refractivity contribution in [1.82, 2.24) is 4.98 Å². The van der Waals surface area contributed by atoms with Crippen molar-refractivity contribution in [3.63, 3.8) is 0 Å². The van der Waals surface area contributed by atoms with Crippen LogP contribution < -0.4 is 4.74 Å². The van der Waals surface area contributed by atoms with Crippen LogP contribution in [0.3, 0.4) is 0 Å². The van der Waals surface area contributed by atoms with E-state index in [-0.39, 0.29) is 12.3 Å². The first-order valence-electron chi connectivity index (χ1n) is 7.03. The fourth-order valence-corrected chi connectivity index (χ4v) is 2.67. The van der Waals surface area contributed by atoms with E-state index in [0.29, 0.717) is 5.75 Å². The van der Waals surface area contributed by atoms with Gasteiger partial charge in [0.1, 0.15) is 18.1 Å². The summed E-state index contributed by atoms with van der Waals surface area (Å²) in [6.07, 6.45) is 0. The summed E-state index contributed by atoms with van der Waals surface area (Å²) in [5.41, 5.74) is 1.84. The SMILES string of the molecule is COc1ccc(Br)cc1COC(=O)c1ccc2ccccc2n1. The molecule has 5 heteroatoms. The Balaban J connectivity index is 1.77. The number of para-hydroxylation sites is 1. The van der Waals surface area contributed by atoms with Crippen molar-refractivity contribution in [2.45, 2.75) is 6.61 Å². The highest BCUT2D eigenvalue weighted by atomic mass is 79.9. The van der Waals surface area contributed by atoms with E-state index in [0.717, 1.165) is 20.9 Å². The predicted molar refractivity (Wildman–Crippen MR) is 91.6 cm³/mol. The summed E-state index contributed by atoms with van der Waals surface area (Å²) in [4.78, 5) is 16.5. The molecule has 0 radical (unpaired) electrons. The van der Waals surface area contributed by atoms with E-state index in [1.807, 2.05) is 48.5 Å². The van der Waals surface area contributed by atoms with Gasteiger partial charge in [0, 0.05) is 15.4 Å². The normalized spacial score (nSPS) is 10.5. The Morgan fingerprint density at radius 2 is 1.96 bits per heavy atom. The van der Waals surface area contributed by atoms with E-state index < -0.39 is 5.97 Å². The number of methoxy groups -OCH3 is 1. The highest BCUT2D eigenvalue weighted by molar-refractivity contribution is 9.10. The van der Waals surface area contributed by atoms with Crippen LogP contribution in [0, 0.1) is 0 Å². The molecule has 0 N–H and O–H groups in total. The monoisotopic (exact) mass is 371 g/mol. The zero-order chi connectivity index (χ0) is 16.2. The molecule has 0 saturated carbocycles. The maximum absolute atomic E-state index is 12.2. The average Bonchev–Trinajstić information content (AvgIpc) is 2.59. The summed E-state index contributed by atoms with van der Waals surface area (Å²) in [5, 5.41) is 0.984. The lowest BCUT2D eigenvalue weighted by atomic mass is 10.2. The first kappa shape index (κ1) is 15.5. The van der Waals surface area contributed by atoms with Crippen LogP contribution in [-0.2, 0) is 11.3 Å². The second-order valence-corrected chi connectivity index (χ2v) is 5.84. The highest BCUT2D eigenvalue weighted by Crippen LogP contribution is 2.24. The Labute approximate surface area is 142 Å². The molecule has 1 heterocycles. The van der Waals surface area contributed by atoms with Gasteiger partial charge in [-0.25, -0.2) is 9.78 Å². The topological polar surface area (TPSA) is 48.4 Å². The smallest absolute Gasteiger partial charge is 0.357 e. The average molecular weight is 372 g/mol. The zero-order valence-electron chi connectivity index (χ0n) is 12.5. The van der Waals surface area contributed by atoms with Crippen LogP contribution in [-0.4, -0.2) is 18.1 Å². The van der Waals surface area contributed by atoms with Gasteiger partial charge in [-0.05, 0) is 30.3 Å². The van der Waals surface area contributed by atoms with Crippen LogP contribution in [0.15, 0.2) is 59.1 Å². The zero-order valence-corrected chi connectivity index (χ0v) is 14.0. The summed E-state index contributed by atoms with van der Waals surface area (Å²) >= 11 is 3.40. The third-order valence-corrected chi connectivity index (χ3v) is 3.90. The van der Waals surface area contributed by atoms with Crippen molar-refractivity contribution in [1.29, 1.82) is 0 Å². The molecule has 4 nitrogen and oxygen atoms in total. The van der Waals surface area contributed by atoms with Gasteiger partial charge in [0.25, 0.3) is 0 Å². The van der Waals surface area contributed by atoms with E-state index in [4.69, 9.17) is 9.47 Å². The van der Waals surface area contributed by atoms with Crippen LogP contribution in [0.2, 0.25) is 0 Å². The van der Waals surface area contributed by atoms with Gasteiger partial charge < -0.3 is 9.47 Å². The quantitative estimate of drug-likeness (QED) is 0.639. The number of nitrogens with zero attached hydrogens (tertiary/aromatic N) is 1. The van der Waals surface area contributed by atoms with Gasteiger partial charge in [0.15, 0.2) is 0 Å². The Hall–Kier alpha value is -2.40. The lowest BCUT2D eigenvalue weighted by molar-refractivity contribution is 0.0463. The van der Waals surface area contributed by atoms with Crippen molar-refractivity contribution in [2.24, 2.45) is 0 Å². The number of esters is 1. The molecule has 0 aliphatic rings. The fraction of sp³-hybridized carbons (Fsp3) is 0.111. The molecule has 0 aliphatic carbocycles. The van der Waals surface area contributed by atoms with Crippen molar-refractivity contribution < 1.29 is 14.3 Å². The lowest BCUT2D eigenvalue weighted by Crippen LogP contribution is -2.08. The second kappa shape index (κ2) is 6.79. The predicted octanol–water partition coefficient (Wildman–Crippen LogP) is 4.36. The molecular weight excluding hydrogens is 358 g/mol. The molecule has 0 saturated heterocycles. The number of rotatable bonds is 4. The summed E-state index contributed by atoms with van der Waals surface area (Å²) in [7, 11) is 1.58. The minimum atomic E-state index is -0.460. The van der Waals surface area contributed by atoms with Gasteiger partial charge in [-0.1, -0.05) is 40.2 Å². The number of hydrogen-bond donors (Lipinski definition) is 0. The van der Waals surface area contributed by atoms with E-state index in [1.54, 1.807) is 13.2 Å². The van der Waals surface area contributed by atoms with E-state index in [2.05, 4.69) is 20.9 Å². The molecule has 3 rings (SSSR count). The number of aromatic nitrogens is 1. The first-order valence-corrected chi connectivity index (χ1v) is 7.82. The maximum Gasteiger partial charge on any atom is 0.357 e. The van der Waals surface area contributed by atoms with Gasteiger partial charge in [-0.15, -0.1) is 0 Å². The van der Waals surface area contributed by atoms with E-state index in [1.165, 1.54) is 0 Å². The largest absolute Gasteiger partial charge is 0.496 e. The van der Waals surface area contributed by atoms with Crippen molar-refractivity contribution in [3.05, 3.63) is 70.3 Å². The van der Waals surface area contributed by atoms with Crippen LogP contribution in [0.4, 0.5) is 0 Å². The highest BCUT2D eigenvalue weighted by Gasteiger charge is 2.12. The molecule has 0 bridgehead atoms. The third-order valence-electron chi connectivity index (χ3n) is 3.41. The molecule has 0 fully saturated rings. The van der Waals surface area contributed by atoms with Crippen molar-refractivity contribution in [3.8, 4) is 5.75 Å². The minimum Gasteiger partial charge on any atom is -0.496 e. The Morgan fingerprint density at radius 1 is 1.13 bits per heavy atom. The van der Waals surface area contributed by atoms with Crippen LogP contribution >= 0.6 is 15.9 Å². The number of carbonyl (C=O) groups excluding carboxylic acids is 1. The van der Waals surface area contributed by atoms with Crippen LogP contribution in [0.5, 0.6) is 5.75 Å². The molecule has 0 spiro atoms. The molecule has 1 aromatic heterocycles. The molecule has 0 aliphatic heterocycles. The van der Waals surface area contributed by atoms with Gasteiger partial charge >= 0.3 is 5.97 Å². The summed E-state index contributed by atoms with van der Waals surface area (Å²) in [6, 6.07) is 16.7. The molecule has 3 aromatic rings. The third kappa shape index (κ3) is 3.51. The molecular formula is C18H14BrNO3. The van der Waals surface area contributed by atoms with E-state index in [9.17, 15) is 4.79 Å². The van der Waals surface area contributed by atoms with Gasteiger partial charge in [0.2, 0.25) is 0 Å². The van der Waals surface area contributed by atoms with Gasteiger partial charge in [-0.2, -0.15) is 0 Å². The van der Waals surface area contributed by atoms with Crippen molar-refractivity contribution in [2.75, 3.05) is 7.11 Å². The number of ether oxygens (including phenoxy) is 2. The van der Waals surface area contributed by atoms with Crippen LogP contribution in [0.1, 0.15) is 16.1 Å². The Bertz CT molecular complexity index is 864. The van der Waals surface area contributed by atoms with Gasteiger partial charge in [-0.3, -0.25) is 0 Å². The Kier molecular flexibility index (Phi) is 4.57. The number of halogens is 1. The second-order valence-electron chi connectivity index (χ2n) is 4.92. The lowest BCUT2D eigenvalue weighted by Gasteiger charge is -2.10. The van der Waals surface area contributed by atoms with E-state index >= 15 is 0 Å². The number of hydrogen-bond acceptors (Lipinski definition) is 4.